The maximum Gasteiger partial charge on any atom is 0.416 e. The van der Waals surface area contributed by atoms with E-state index in [4.69, 9.17) is 4.74 Å². The molecule has 5 rings (SSSR count). The summed E-state index contributed by atoms with van der Waals surface area (Å²) in [5, 5.41) is 0. The fourth-order valence-corrected chi connectivity index (χ4v) is 5.83. The first kappa shape index (κ1) is 27.7. The lowest BCUT2D eigenvalue weighted by Crippen LogP contribution is -2.34. The van der Waals surface area contributed by atoms with Gasteiger partial charge in [-0.3, -0.25) is 9.80 Å². The summed E-state index contributed by atoms with van der Waals surface area (Å²) in [6.07, 6.45) is 0.709. The van der Waals surface area contributed by atoms with Gasteiger partial charge in [-0.15, -0.1) is 0 Å². The Kier molecular flexibility index (Phi) is 8.88. The summed E-state index contributed by atoms with van der Waals surface area (Å²) >= 11 is 0. The van der Waals surface area contributed by atoms with E-state index < -0.39 is 11.7 Å². The SMILES string of the molecule is Fc1ccc(CN2CCCc3ccc(OCCC4CCN(Cc5ccccc5C(F)(F)F)CC4)cc3C2)cc1. The van der Waals surface area contributed by atoms with Crippen LogP contribution in [-0.2, 0) is 32.2 Å². The molecule has 0 saturated carbocycles. The number of fused-ring (bicyclic) bond motifs is 1. The van der Waals surface area contributed by atoms with Crippen molar-refractivity contribution in [3.63, 3.8) is 0 Å². The van der Waals surface area contributed by atoms with Crippen LogP contribution in [0.5, 0.6) is 5.75 Å². The van der Waals surface area contributed by atoms with Crippen LogP contribution in [0.15, 0.2) is 66.7 Å². The maximum absolute atomic E-state index is 13.3. The third-order valence-corrected chi connectivity index (χ3v) is 8.03. The molecule has 0 spiro atoms. The molecule has 3 aromatic rings. The Bertz CT molecular complexity index is 1220. The van der Waals surface area contributed by atoms with Crippen molar-refractivity contribution < 1.29 is 22.3 Å². The molecular weight excluding hydrogens is 504 g/mol. The number of likely N-dealkylation sites (tertiary alicyclic amines) is 1. The molecule has 208 valence electrons. The first-order chi connectivity index (χ1) is 18.8. The highest BCUT2D eigenvalue weighted by Gasteiger charge is 2.33. The molecule has 0 bridgehead atoms. The lowest BCUT2D eigenvalue weighted by Gasteiger charge is -2.32. The number of piperidine rings is 1. The van der Waals surface area contributed by atoms with Gasteiger partial charge in [-0.05, 0) is 110 Å². The maximum atomic E-state index is 13.3. The minimum absolute atomic E-state index is 0.209. The van der Waals surface area contributed by atoms with Crippen LogP contribution in [0.25, 0.3) is 0 Å². The van der Waals surface area contributed by atoms with Crippen LogP contribution in [0.1, 0.15) is 53.5 Å². The number of nitrogens with zero attached hydrogens (tertiary/aromatic N) is 2. The van der Waals surface area contributed by atoms with E-state index in [1.54, 1.807) is 12.1 Å². The molecule has 2 aliphatic rings. The Labute approximate surface area is 228 Å². The zero-order valence-corrected chi connectivity index (χ0v) is 22.2. The first-order valence-corrected chi connectivity index (χ1v) is 13.9. The Morgan fingerprint density at radius 2 is 1.59 bits per heavy atom. The van der Waals surface area contributed by atoms with Gasteiger partial charge >= 0.3 is 6.18 Å². The highest BCUT2D eigenvalue weighted by Crippen LogP contribution is 2.33. The molecule has 7 heteroatoms. The van der Waals surface area contributed by atoms with Gasteiger partial charge in [-0.25, -0.2) is 4.39 Å². The number of alkyl halides is 3. The molecule has 1 fully saturated rings. The number of aryl methyl sites for hydroxylation is 1. The summed E-state index contributed by atoms with van der Waals surface area (Å²) in [4.78, 5) is 4.54. The van der Waals surface area contributed by atoms with Crippen LogP contribution in [0.2, 0.25) is 0 Å². The predicted octanol–water partition coefficient (Wildman–Crippen LogP) is 7.47. The van der Waals surface area contributed by atoms with Gasteiger partial charge < -0.3 is 4.74 Å². The third kappa shape index (κ3) is 7.61. The minimum Gasteiger partial charge on any atom is -0.494 e. The smallest absolute Gasteiger partial charge is 0.416 e. The first-order valence-electron chi connectivity index (χ1n) is 13.9. The van der Waals surface area contributed by atoms with E-state index in [9.17, 15) is 17.6 Å². The summed E-state index contributed by atoms with van der Waals surface area (Å²) in [7, 11) is 0. The molecule has 3 aromatic carbocycles. The highest BCUT2D eigenvalue weighted by molar-refractivity contribution is 5.36. The van der Waals surface area contributed by atoms with E-state index in [-0.39, 0.29) is 5.82 Å². The molecule has 0 radical (unpaired) electrons. The van der Waals surface area contributed by atoms with E-state index in [0.29, 0.717) is 24.6 Å². The van der Waals surface area contributed by atoms with Gasteiger partial charge in [0.15, 0.2) is 0 Å². The van der Waals surface area contributed by atoms with Crippen LogP contribution in [-0.4, -0.2) is 36.0 Å². The van der Waals surface area contributed by atoms with Crippen LogP contribution < -0.4 is 4.74 Å². The molecule has 3 nitrogen and oxygen atoms in total. The predicted molar refractivity (Wildman–Crippen MR) is 145 cm³/mol. The van der Waals surface area contributed by atoms with Gasteiger partial charge in [0.1, 0.15) is 11.6 Å². The van der Waals surface area contributed by atoms with Crippen LogP contribution in [0.4, 0.5) is 17.6 Å². The summed E-state index contributed by atoms with van der Waals surface area (Å²) in [5.41, 5.74) is 3.59. The second-order valence-electron chi connectivity index (χ2n) is 10.9. The second kappa shape index (κ2) is 12.5. The summed E-state index contributed by atoms with van der Waals surface area (Å²) in [6.45, 7) is 5.24. The van der Waals surface area contributed by atoms with Crippen LogP contribution in [0, 0.1) is 11.7 Å². The fraction of sp³-hybridized carbons (Fsp3) is 0.438. The number of hydrogen-bond donors (Lipinski definition) is 0. The van der Waals surface area contributed by atoms with Crippen molar-refractivity contribution in [3.05, 3.63) is 100 Å². The molecule has 0 aromatic heterocycles. The van der Waals surface area contributed by atoms with Gasteiger partial charge in [0.05, 0.1) is 12.2 Å². The molecule has 0 aliphatic carbocycles. The zero-order valence-electron chi connectivity index (χ0n) is 22.2. The Balaban J connectivity index is 1.09. The molecule has 39 heavy (non-hydrogen) atoms. The van der Waals surface area contributed by atoms with Crippen LogP contribution in [0.3, 0.4) is 0 Å². The quantitative estimate of drug-likeness (QED) is 0.276. The van der Waals surface area contributed by atoms with E-state index in [1.807, 2.05) is 12.1 Å². The highest BCUT2D eigenvalue weighted by atomic mass is 19.4. The molecule has 2 heterocycles. The summed E-state index contributed by atoms with van der Waals surface area (Å²) in [6, 6.07) is 19.0. The molecule has 1 saturated heterocycles. The topological polar surface area (TPSA) is 15.7 Å². The average molecular weight is 541 g/mol. The lowest BCUT2D eigenvalue weighted by atomic mass is 9.93. The molecule has 0 amide bonds. The lowest BCUT2D eigenvalue weighted by molar-refractivity contribution is -0.138. The van der Waals surface area contributed by atoms with Gasteiger partial charge in [0.25, 0.3) is 0 Å². The van der Waals surface area contributed by atoms with E-state index >= 15 is 0 Å². The van der Waals surface area contributed by atoms with Crippen molar-refractivity contribution in [3.8, 4) is 5.75 Å². The van der Waals surface area contributed by atoms with E-state index in [0.717, 1.165) is 76.1 Å². The second-order valence-corrected chi connectivity index (χ2v) is 10.9. The fourth-order valence-electron chi connectivity index (χ4n) is 5.83. The summed E-state index contributed by atoms with van der Waals surface area (Å²) in [5.74, 6) is 1.20. The number of ether oxygens (including phenoxy) is 1. The van der Waals surface area contributed by atoms with E-state index in [2.05, 4.69) is 28.0 Å². The Morgan fingerprint density at radius 1 is 0.821 bits per heavy atom. The van der Waals surface area contributed by atoms with Crippen molar-refractivity contribution in [1.82, 2.24) is 9.80 Å². The molecule has 0 unspecified atom stereocenters. The largest absolute Gasteiger partial charge is 0.494 e. The molecular formula is C32H36F4N2O. The van der Waals surface area contributed by atoms with Crippen molar-refractivity contribution in [2.75, 3.05) is 26.2 Å². The third-order valence-electron chi connectivity index (χ3n) is 8.03. The Morgan fingerprint density at radius 3 is 2.36 bits per heavy atom. The normalized spacial score (nSPS) is 17.5. The van der Waals surface area contributed by atoms with Crippen LogP contribution >= 0.6 is 0 Å². The number of hydrogen-bond acceptors (Lipinski definition) is 3. The van der Waals surface area contributed by atoms with Crippen molar-refractivity contribution in [2.24, 2.45) is 5.92 Å². The number of halogens is 4. The van der Waals surface area contributed by atoms with Crippen molar-refractivity contribution >= 4 is 0 Å². The summed E-state index contributed by atoms with van der Waals surface area (Å²) < 4.78 is 59.4. The standard InChI is InChI=1S/C32H36F4N2O/c33-29-10-7-25(8-11-29)21-38-16-3-5-26-9-12-30(20-28(26)23-38)39-19-15-24-13-17-37(18-14-24)22-27-4-1-2-6-31(27)32(34,35)36/h1-2,4,6-12,20,24H,3,5,13-19,21-23H2. The van der Waals surface area contributed by atoms with Gasteiger partial charge in [0, 0.05) is 19.6 Å². The Hall–Kier alpha value is -2.90. The van der Waals surface area contributed by atoms with Gasteiger partial charge in [-0.2, -0.15) is 13.2 Å². The van der Waals surface area contributed by atoms with E-state index in [1.165, 1.54) is 35.4 Å². The van der Waals surface area contributed by atoms with Crippen molar-refractivity contribution in [1.29, 1.82) is 0 Å². The van der Waals surface area contributed by atoms with Gasteiger partial charge in [-0.1, -0.05) is 36.4 Å². The van der Waals surface area contributed by atoms with Gasteiger partial charge in [0.2, 0.25) is 0 Å². The molecule has 2 aliphatic heterocycles. The molecule has 0 N–H and O–H groups in total. The average Bonchev–Trinajstić information content (AvgIpc) is 3.12. The zero-order chi connectivity index (χ0) is 27.2. The molecule has 0 atom stereocenters. The monoisotopic (exact) mass is 540 g/mol. The minimum atomic E-state index is -4.32. The number of rotatable bonds is 8. The van der Waals surface area contributed by atoms with Crippen molar-refractivity contribution in [2.45, 2.75) is 57.9 Å². The number of benzene rings is 3.